The Morgan fingerprint density at radius 2 is 1.59 bits per heavy atom. The highest BCUT2D eigenvalue weighted by molar-refractivity contribution is 6.67. The SMILES string of the molecule is CCOC(=O)Cc1cccc(-c2nc(C(Cl)(Cl)Cl)nc(C(Cl)(Cl)Cl)n2)c1N. The van der Waals surface area contributed by atoms with Crippen LogP contribution < -0.4 is 5.73 Å². The summed E-state index contributed by atoms with van der Waals surface area (Å²) >= 11 is 35.2. The lowest BCUT2D eigenvalue weighted by Gasteiger charge is -2.17. The molecule has 0 amide bonds. The summed E-state index contributed by atoms with van der Waals surface area (Å²) in [6.07, 6.45) is -0.0345. The number of para-hydroxylation sites is 1. The van der Waals surface area contributed by atoms with Crippen molar-refractivity contribution < 1.29 is 9.53 Å². The van der Waals surface area contributed by atoms with Crippen molar-refractivity contribution in [3.05, 3.63) is 35.4 Å². The minimum atomic E-state index is -1.99. The topological polar surface area (TPSA) is 91.0 Å². The molecule has 146 valence electrons. The van der Waals surface area contributed by atoms with Crippen LogP contribution in [0.3, 0.4) is 0 Å². The Morgan fingerprint density at radius 3 is 2.07 bits per heavy atom. The van der Waals surface area contributed by atoms with Gasteiger partial charge in [0, 0.05) is 11.3 Å². The third kappa shape index (κ3) is 5.86. The number of rotatable bonds is 4. The van der Waals surface area contributed by atoms with E-state index in [9.17, 15) is 4.79 Å². The van der Waals surface area contributed by atoms with Crippen LogP contribution in [0.25, 0.3) is 11.4 Å². The lowest BCUT2D eigenvalue weighted by molar-refractivity contribution is -0.142. The fraction of sp³-hybridized carbons (Fsp3) is 0.333. The maximum Gasteiger partial charge on any atom is 0.310 e. The fourth-order valence-corrected chi connectivity index (χ4v) is 2.59. The van der Waals surface area contributed by atoms with Crippen molar-refractivity contribution in [2.75, 3.05) is 12.3 Å². The Hall–Kier alpha value is -0.760. The predicted molar refractivity (Wildman–Crippen MR) is 108 cm³/mol. The van der Waals surface area contributed by atoms with Crippen LogP contribution in [0.5, 0.6) is 0 Å². The predicted octanol–water partition coefficient (Wildman–Crippen LogP) is 4.88. The van der Waals surface area contributed by atoms with Gasteiger partial charge >= 0.3 is 5.97 Å². The molecule has 0 saturated heterocycles. The van der Waals surface area contributed by atoms with E-state index in [0.29, 0.717) is 11.1 Å². The standard InChI is InChI=1S/C15H12Cl6N4O2/c1-2-27-9(26)6-7-4-3-5-8(10(7)22)11-23-12(14(16,17)18)25-13(24-11)15(19,20)21/h3-5H,2,6,22H2,1H3. The second-order valence-corrected chi connectivity index (χ2v) is 9.72. The van der Waals surface area contributed by atoms with E-state index in [-0.39, 0.29) is 36.2 Å². The number of nitrogens with two attached hydrogens (primary N) is 1. The van der Waals surface area contributed by atoms with Gasteiger partial charge in [0.1, 0.15) is 0 Å². The number of halogens is 6. The molecule has 12 heteroatoms. The summed E-state index contributed by atoms with van der Waals surface area (Å²) in [7, 11) is 0. The molecular weight excluding hydrogens is 481 g/mol. The van der Waals surface area contributed by atoms with E-state index < -0.39 is 13.6 Å². The zero-order valence-corrected chi connectivity index (χ0v) is 18.2. The minimum absolute atomic E-state index is 0.0239. The molecule has 0 spiro atoms. The molecule has 0 aliphatic rings. The van der Waals surface area contributed by atoms with E-state index in [0.717, 1.165) is 0 Å². The highest BCUT2D eigenvalue weighted by atomic mass is 35.6. The molecule has 2 rings (SSSR count). The van der Waals surface area contributed by atoms with Gasteiger partial charge in [-0.3, -0.25) is 4.79 Å². The van der Waals surface area contributed by atoms with Crippen molar-refractivity contribution >= 4 is 81.3 Å². The van der Waals surface area contributed by atoms with Gasteiger partial charge in [0.25, 0.3) is 0 Å². The number of benzene rings is 1. The fourth-order valence-electron chi connectivity index (χ4n) is 2.08. The van der Waals surface area contributed by atoms with Gasteiger partial charge in [0.2, 0.25) is 7.59 Å². The van der Waals surface area contributed by atoms with Gasteiger partial charge in [-0.15, -0.1) is 0 Å². The van der Waals surface area contributed by atoms with Crippen LogP contribution in [-0.4, -0.2) is 27.5 Å². The summed E-state index contributed by atoms with van der Waals surface area (Å²) in [5.74, 6) is -0.889. The van der Waals surface area contributed by atoms with E-state index >= 15 is 0 Å². The van der Waals surface area contributed by atoms with E-state index in [2.05, 4.69) is 15.0 Å². The Labute approximate surface area is 185 Å². The molecule has 1 heterocycles. The first kappa shape index (κ1) is 22.5. The number of esters is 1. The summed E-state index contributed by atoms with van der Waals surface area (Å²) in [6, 6.07) is 4.94. The van der Waals surface area contributed by atoms with Gasteiger partial charge < -0.3 is 10.5 Å². The summed E-state index contributed by atoms with van der Waals surface area (Å²) in [6.45, 7) is 1.96. The Kier molecular flexibility index (Phi) is 7.28. The third-order valence-corrected chi connectivity index (χ3v) is 4.23. The first-order valence-electron chi connectivity index (χ1n) is 7.37. The number of alkyl halides is 6. The van der Waals surface area contributed by atoms with E-state index in [1.807, 2.05) is 0 Å². The summed E-state index contributed by atoms with van der Waals surface area (Å²) in [5, 5.41) is 0. The van der Waals surface area contributed by atoms with Crippen LogP contribution in [0.4, 0.5) is 5.69 Å². The number of aromatic nitrogens is 3. The van der Waals surface area contributed by atoms with E-state index in [1.165, 1.54) is 0 Å². The van der Waals surface area contributed by atoms with Gasteiger partial charge in [0.15, 0.2) is 17.5 Å². The molecule has 0 atom stereocenters. The van der Waals surface area contributed by atoms with Crippen molar-refractivity contribution in [1.29, 1.82) is 0 Å². The van der Waals surface area contributed by atoms with Crippen LogP contribution in [0, 0.1) is 0 Å². The molecule has 2 aromatic rings. The highest BCUT2D eigenvalue weighted by Crippen LogP contribution is 2.41. The largest absolute Gasteiger partial charge is 0.466 e. The maximum atomic E-state index is 11.8. The number of hydrogen-bond donors (Lipinski definition) is 1. The molecule has 6 nitrogen and oxygen atoms in total. The number of nitrogens with zero attached hydrogens (tertiary/aromatic N) is 3. The first-order chi connectivity index (χ1) is 12.4. The summed E-state index contributed by atoms with van der Waals surface area (Å²) in [5.41, 5.74) is 7.27. The zero-order valence-electron chi connectivity index (χ0n) is 13.6. The minimum Gasteiger partial charge on any atom is -0.466 e. The number of carbonyl (C=O) groups excluding carboxylic acids is 1. The Morgan fingerprint density at radius 1 is 1.04 bits per heavy atom. The second-order valence-electron chi connectivity index (χ2n) is 5.16. The van der Waals surface area contributed by atoms with E-state index in [1.54, 1.807) is 25.1 Å². The van der Waals surface area contributed by atoms with Gasteiger partial charge in [0.05, 0.1) is 13.0 Å². The smallest absolute Gasteiger partial charge is 0.310 e. The van der Waals surface area contributed by atoms with Crippen LogP contribution in [0.15, 0.2) is 18.2 Å². The number of hydrogen-bond acceptors (Lipinski definition) is 6. The third-order valence-electron chi connectivity index (χ3n) is 3.22. The molecule has 2 N–H and O–H groups in total. The molecular formula is C15H12Cl6N4O2. The zero-order chi connectivity index (χ0) is 20.4. The average molecular weight is 493 g/mol. The first-order valence-corrected chi connectivity index (χ1v) is 9.64. The molecule has 0 aliphatic heterocycles. The lowest BCUT2D eigenvalue weighted by atomic mass is 10.0. The van der Waals surface area contributed by atoms with Crippen molar-refractivity contribution in [2.45, 2.75) is 20.9 Å². The molecule has 27 heavy (non-hydrogen) atoms. The number of nitrogen functional groups attached to an aromatic ring is 1. The van der Waals surface area contributed by atoms with Gasteiger partial charge in [-0.05, 0) is 18.6 Å². The van der Waals surface area contributed by atoms with Crippen molar-refractivity contribution in [1.82, 2.24) is 15.0 Å². The van der Waals surface area contributed by atoms with E-state index in [4.69, 9.17) is 80.1 Å². The quantitative estimate of drug-likeness (QED) is 0.371. The molecule has 0 radical (unpaired) electrons. The van der Waals surface area contributed by atoms with Crippen molar-refractivity contribution in [3.8, 4) is 11.4 Å². The van der Waals surface area contributed by atoms with Crippen LogP contribution in [0.1, 0.15) is 24.1 Å². The Bertz CT molecular complexity index is 819. The highest BCUT2D eigenvalue weighted by Gasteiger charge is 2.34. The number of anilines is 1. The molecule has 0 saturated carbocycles. The van der Waals surface area contributed by atoms with Gasteiger partial charge in [-0.1, -0.05) is 81.7 Å². The molecule has 1 aromatic carbocycles. The molecule has 0 aliphatic carbocycles. The Balaban J connectivity index is 2.59. The molecule has 1 aromatic heterocycles. The molecule has 0 bridgehead atoms. The maximum absolute atomic E-state index is 11.8. The van der Waals surface area contributed by atoms with Crippen LogP contribution in [0.2, 0.25) is 0 Å². The second kappa shape index (κ2) is 8.72. The summed E-state index contributed by atoms with van der Waals surface area (Å²) in [4.78, 5) is 23.9. The van der Waals surface area contributed by atoms with Crippen molar-refractivity contribution in [3.63, 3.8) is 0 Å². The molecule has 0 unspecified atom stereocenters. The monoisotopic (exact) mass is 490 g/mol. The average Bonchev–Trinajstić information content (AvgIpc) is 2.55. The number of ether oxygens (including phenoxy) is 1. The van der Waals surface area contributed by atoms with Gasteiger partial charge in [-0.25, -0.2) is 15.0 Å². The van der Waals surface area contributed by atoms with Crippen molar-refractivity contribution in [2.24, 2.45) is 0 Å². The summed E-state index contributed by atoms with van der Waals surface area (Å²) < 4.78 is 0.961. The lowest BCUT2D eigenvalue weighted by Crippen LogP contribution is -2.17. The normalized spacial score (nSPS) is 12.1. The van der Waals surface area contributed by atoms with Crippen LogP contribution in [-0.2, 0) is 23.5 Å². The number of carbonyl (C=O) groups is 1. The van der Waals surface area contributed by atoms with Gasteiger partial charge in [-0.2, -0.15) is 0 Å². The van der Waals surface area contributed by atoms with Crippen LogP contribution >= 0.6 is 69.6 Å². The molecule has 0 fully saturated rings.